The highest BCUT2D eigenvalue weighted by Gasteiger charge is 2.10. The van der Waals surface area contributed by atoms with Gasteiger partial charge in [0.2, 0.25) is 0 Å². The predicted molar refractivity (Wildman–Crippen MR) is 65.8 cm³/mol. The Kier molecular flexibility index (Phi) is 6.76. The van der Waals surface area contributed by atoms with E-state index in [-0.39, 0.29) is 5.91 Å². The number of carbonyl (C=O) groups is 1. The summed E-state index contributed by atoms with van der Waals surface area (Å²) in [7, 11) is 3.23. The van der Waals surface area contributed by atoms with E-state index in [0.29, 0.717) is 10.5 Å². The third kappa shape index (κ3) is 3.83. The molecule has 0 radical (unpaired) electrons. The van der Waals surface area contributed by atoms with Gasteiger partial charge in [0.15, 0.2) is 0 Å². The Morgan fingerprint density at radius 1 is 1.38 bits per heavy atom. The molecule has 1 aromatic carbocycles. The van der Waals surface area contributed by atoms with Crippen molar-refractivity contribution in [3.05, 3.63) is 29.6 Å². The molecule has 0 atom stereocenters. The molecule has 1 amide bonds. The van der Waals surface area contributed by atoms with Crippen LogP contribution in [0.2, 0.25) is 0 Å². The van der Waals surface area contributed by atoms with Crippen molar-refractivity contribution in [2.45, 2.75) is 18.7 Å². The van der Waals surface area contributed by atoms with Crippen LogP contribution in [-0.4, -0.2) is 24.9 Å². The second-order valence-corrected chi connectivity index (χ2v) is 3.64. The summed E-state index contributed by atoms with van der Waals surface area (Å²) < 4.78 is 13.2. The molecule has 0 heterocycles. The van der Waals surface area contributed by atoms with E-state index >= 15 is 0 Å². The van der Waals surface area contributed by atoms with Gasteiger partial charge in [0.25, 0.3) is 5.91 Å². The van der Waals surface area contributed by atoms with Gasteiger partial charge in [-0.05, 0) is 30.1 Å². The number of hydrogen-bond donors (Lipinski definition) is 1. The Bertz CT molecular complexity index is 356. The number of benzene rings is 1. The molecule has 0 aliphatic carbocycles. The van der Waals surface area contributed by atoms with E-state index < -0.39 is 5.82 Å². The first-order valence-electron chi connectivity index (χ1n) is 4.94. The molecular formula is C11H17FN2OS. The van der Waals surface area contributed by atoms with Crippen molar-refractivity contribution in [2.24, 2.45) is 5.14 Å². The molecule has 16 heavy (non-hydrogen) atoms. The third-order valence-corrected chi connectivity index (χ3v) is 2.30. The summed E-state index contributed by atoms with van der Waals surface area (Å²) in [6.07, 6.45) is 0. The average Bonchev–Trinajstić information content (AvgIpc) is 2.30. The Morgan fingerprint density at radius 3 is 2.31 bits per heavy atom. The topological polar surface area (TPSA) is 46.3 Å². The molecule has 0 aliphatic heterocycles. The third-order valence-electron chi connectivity index (χ3n) is 1.71. The summed E-state index contributed by atoms with van der Waals surface area (Å²) in [4.78, 5) is 13.1. The fraction of sp³-hybridized carbons (Fsp3) is 0.364. The average molecular weight is 244 g/mol. The Labute approximate surface area is 99.9 Å². The minimum Gasteiger partial charge on any atom is -0.345 e. The number of halogens is 1. The first kappa shape index (κ1) is 14.9. The van der Waals surface area contributed by atoms with E-state index in [0.717, 1.165) is 11.9 Å². The predicted octanol–water partition coefficient (Wildman–Crippen LogP) is 2.52. The van der Waals surface area contributed by atoms with Crippen molar-refractivity contribution in [1.29, 1.82) is 0 Å². The van der Waals surface area contributed by atoms with E-state index in [1.165, 1.54) is 17.0 Å². The first-order chi connectivity index (χ1) is 7.56. The molecule has 2 N–H and O–H groups in total. The molecule has 1 rings (SSSR count). The molecule has 0 spiro atoms. The highest BCUT2D eigenvalue weighted by molar-refractivity contribution is 7.97. The van der Waals surface area contributed by atoms with Crippen LogP contribution in [0, 0.1) is 5.82 Å². The van der Waals surface area contributed by atoms with Gasteiger partial charge in [0, 0.05) is 19.7 Å². The number of amides is 1. The Hall–Kier alpha value is -1.07. The van der Waals surface area contributed by atoms with Crippen LogP contribution in [0.25, 0.3) is 0 Å². The monoisotopic (exact) mass is 244 g/mol. The number of hydrogen-bond acceptors (Lipinski definition) is 3. The van der Waals surface area contributed by atoms with Crippen molar-refractivity contribution in [3.63, 3.8) is 0 Å². The summed E-state index contributed by atoms with van der Waals surface area (Å²) >= 11 is 0.824. The summed E-state index contributed by atoms with van der Waals surface area (Å²) in [5.74, 6) is -0.692. The van der Waals surface area contributed by atoms with Crippen molar-refractivity contribution < 1.29 is 9.18 Å². The van der Waals surface area contributed by atoms with Crippen LogP contribution in [0.5, 0.6) is 0 Å². The molecule has 90 valence electrons. The maximum Gasteiger partial charge on any atom is 0.253 e. The number of nitrogens with zero attached hydrogens (tertiary/aromatic N) is 1. The van der Waals surface area contributed by atoms with Gasteiger partial charge >= 0.3 is 0 Å². The van der Waals surface area contributed by atoms with Crippen LogP contribution in [-0.2, 0) is 0 Å². The smallest absolute Gasteiger partial charge is 0.253 e. The fourth-order valence-electron chi connectivity index (χ4n) is 0.988. The van der Waals surface area contributed by atoms with Gasteiger partial charge in [-0.25, -0.2) is 4.39 Å². The molecular weight excluding hydrogens is 227 g/mol. The lowest BCUT2D eigenvalue weighted by Gasteiger charge is -2.10. The summed E-state index contributed by atoms with van der Waals surface area (Å²) in [5, 5.41) is 5.22. The number of carbonyl (C=O) groups excluding carboxylic acids is 1. The van der Waals surface area contributed by atoms with E-state index in [2.05, 4.69) is 0 Å². The molecule has 0 saturated heterocycles. The van der Waals surface area contributed by atoms with E-state index in [9.17, 15) is 9.18 Å². The molecule has 0 unspecified atom stereocenters. The van der Waals surface area contributed by atoms with Crippen molar-refractivity contribution in [2.75, 3.05) is 14.1 Å². The molecule has 0 bridgehead atoms. The minimum atomic E-state index is -0.467. The normalized spacial score (nSPS) is 9.12. The molecule has 0 fully saturated rings. The van der Waals surface area contributed by atoms with Crippen LogP contribution in [0.1, 0.15) is 24.2 Å². The number of rotatable bonds is 2. The van der Waals surface area contributed by atoms with Crippen LogP contribution >= 0.6 is 11.9 Å². The quantitative estimate of drug-likeness (QED) is 0.813. The molecule has 1 aromatic rings. The maximum atomic E-state index is 13.2. The zero-order valence-corrected chi connectivity index (χ0v) is 10.8. The second-order valence-electron chi connectivity index (χ2n) is 2.96. The zero-order chi connectivity index (χ0) is 12.7. The lowest BCUT2D eigenvalue weighted by molar-refractivity contribution is 0.0827. The summed E-state index contributed by atoms with van der Waals surface area (Å²) in [6.45, 7) is 4.00. The van der Waals surface area contributed by atoms with Crippen molar-refractivity contribution >= 4 is 17.9 Å². The van der Waals surface area contributed by atoms with Gasteiger partial charge in [0.05, 0.1) is 4.90 Å². The van der Waals surface area contributed by atoms with Gasteiger partial charge in [-0.3, -0.25) is 9.93 Å². The van der Waals surface area contributed by atoms with Crippen LogP contribution in [0.4, 0.5) is 4.39 Å². The summed E-state index contributed by atoms with van der Waals surface area (Å²) in [5.41, 5.74) is 0.324. The second kappa shape index (κ2) is 7.24. The maximum absolute atomic E-state index is 13.2. The van der Waals surface area contributed by atoms with Crippen LogP contribution in [0.15, 0.2) is 23.1 Å². The van der Waals surface area contributed by atoms with E-state index in [4.69, 9.17) is 5.14 Å². The first-order valence-corrected chi connectivity index (χ1v) is 5.82. The van der Waals surface area contributed by atoms with Crippen LogP contribution < -0.4 is 5.14 Å². The number of nitrogens with two attached hydrogens (primary N) is 1. The lowest BCUT2D eigenvalue weighted by Crippen LogP contribution is -2.21. The van der Waals surface area contributed by atoms with Gasteiger partial charge in [0.1, 0.15) is 5.82 Å². The standard InChI is InChI=1S/C9H11FN2OS.C2H6/c1-12(2)9(13)6-3-4-8(14-11)7(10)5-6;1-2/h3-5H,11H2,1-2H3;1-2H3. The van der Waals surface area contributed by atoms with E-state index in [1.54, 1.807) is 20.2 Å². The molecule has 5 heteroatoms. The zero-order valence-electron chi connectivity index (χ0n) is 9.95. The molecule has 0 aromatic heterocycles. The Balaban J connectivity index is 0.00000106. The van der Waals surface area contributed by atoms with Gasteiger partial charge < -0.3 is 4.90 Å². The summed E-state index contributed by atoms with van der Waals surface area (Å²) in [6, 6.07) is 4.24. The van der Waals surface area contributed by atoms with Crippen LogP contribution in [0.3, 0.4) is 0 Å². The van der Waals surface area contributed by atoms with Crippen molar-refractivity contribution in [1.82, 2.24) is 4.90 Å². The minimum absolute atomic E-state index is 0.225. The molecule has 3 nitrogen and oxygen atoms in total. The Morgan fingerprint density at radius 2 is 1.94 bits per heavy atom. The van der Waals surface area contributed by atoms with E-state index in [1.807, 2.05) is 13.8 Å². The fourth-order valence-corrected chi connectivity index (χ4v) is 1.31. The molecule has 0 saturated carbocycles. The lowest BCUT2D eigenvalue weighted by atomic mass is 10.2. The van der Waals surface area contributed by atoms with Gasteiger partial charge in [-0.15, -0.1) is 0 Å². The highest BCUT2D eigenvalue weighted by atomic mass is 32.2. The largest absolute Gasteiger partial charge is 0.345 e. The highest BCUT2D eigenvalue weighted by Crippen LogP contribution is 2.18. The SMILES string of the molecule is CC.CN(C)C(=O)c1ccc(SN)c(F)c1. The van der Waals surface area contributed by atoms with Gasteiger partial charge in [-0.1, -0.05) is 13.8 Å². The molecule has 0 aliphatic rings. The van der Waals surface area contributed by atoms with Crippen molar-refractivity contribution in [3.8, 4) is 0 Å². The van der Waals surface area contributed by atoms with Gasteiger partial charge in [-0.2, -0.15) is 0 Å².